The maximum Gasteiger partial charge on any atom is 0.161 e. The molecular weight excluding hydrogens is 309 g/mol. The number of likely N-dealkylation sites (N-methyl/N-ethyl adjacent to an activating group) is 1. The third kappa shape index (κ3) is 3.26. The summed E-state index contributed by atoms with van der Waals surface area (Å²) in [6.45, 7) is 5.22. The third-order valence-corrected chi connectivity index (χ3v) is 4.29. The van der Waals surface area contributed by atoms with E-state index in [2.05, 4.69) is 33.1 Å². The van der Waals surface area contributed by atoms with Crippen LogP contribution in [0.5, 0.6) is 0 Å². The van der Waals surface area contributed by atoms with Crippen molar-refractivity contribution in [2.45, 2.75) is 25.8 Å². The van der Waals surface area contributed by atoms with E-state index in [0.717, 1.165) is 32.5 Å². The molecule has 0 radical (unpaired) electrons. The van der Waals surface area contributed by atoms with Crippen LogP contribution in [0.2, 0.25) is 0 Å². The number of halogens is 2. The fraction of sp³-hybridized carbons (Fsp3) is 0.500. The van der Waals surface area contributed by atoms with Crippen LogP contribution in [0.15, 0.2) is 16.6 Å². The molecule has 1 atom stereocenters. The molecule has 0 bridgehead atoms. The molecule has 1 aliphatic heterocycles. The Morgan fingerprint density at radius 3 is 3.05 bits per heavy atom. The van der Waals surface area contributed by atoms with Crippen LogP contribution in [0.4, 0.5) is 10.1 Å². The Morgan fingerprint density at radius 2 is 2.37 bits per heavy atom. The van der Waals surface area contributed by atoms with Crippen LogP contribution in [-0.2, 0) is 0 Å². The van der Waals surface area contributed by atoms with Gasteiger partial charge in [-0.2, -0.15) is 5.26 Å². The number of anilines is 1. The van der Waals surface area contributed by atoms with Crippen LogP contribution in [0, 0.1) is 17.1 Å². The quantitative estimate of drug-likeness (QED) is 0.926. The average molecular weight is 326 g/mol. The van der Waals surface area contributed by atoms with Crippen molar-refractivity contribution in [3.63, 3.8) is 0 Å². The predicted molar refractivity (Wildman–Crippen MR) is 77.6 cm³/mol. The Balaban J connectivity index is 2.11. The van der Waals surface area contributed by atoms with Gasteiger partial charge >= 0.3 is 0 Å². The van der Waals surface area contributed by atoms with Crippen LogP contribution in [0.1, 0.15) is 25.3 Å². The lowest BCUT2D eigenvalue weighted by Crippen LogP contribution is -2.41. The van der Waals surface area contributed by atoms with Crippen molar-refractivity contribution < 1.29 is 4.39 Å². The molecule has 0 spiro atoms. The standard InChI is InChI=1S/C14H17BrFN3/c1-2-19-7-3-4-11(9-19)18-12-6-5-10(8-17)13(15)14(12)16/h5-6,11,18H,2-4,7,9H2,1H3. The number of nitrogens with one attached hydrogen (secondary N) is 1. The van der Waals surface area contributed by atoms with E-state index >= 15 is 0 Å². The normalized spacial score (nSPS) is 20.0. The summed E-state index contributed by atoms with van der Waals surface area (Å²) in [6.07, 6.45) is 2.18. The smallest absolute Gasteiger partial charge is 0.161 e. The average Bonchev–Trinajstić information content (AvgIpc) is 2.44. The maximum atomic E-state index is 14.1. The third-order valence-electron chi connectivity index (χ3n) is 3.52. The molecule has 0 amide bonds. The summed E-state index contributed by atoms with van der Waals surface area (Å²) in [4.78, 5) is 2.36. The number of benzene rings is 1. The van der Waals surface area contributed by atoms with Crippen molar-refractivity contribution in [2.24, 2.45) is 0 Å². The number of nitrogens with zero attached hydrogens (tertiary/aromatic N) is 2. The molecule has 1 saturated heterocycles. The number of hydrogen-bond donors (Lipinski definition) is 1. The first-order valence-corrected chi connectivity index (χ1v) is 7.32. The number of hydrogen-bond acceptors (Lipinski definition) is 3. The SMILES string of the molecule is CCN1CCCC(Nc2ccc(C#N)c(Br)c2F)C1. The zero-order valence-corrected chi connectivity index (χ0v) is 12.5. The number of nitriles is 1. The van der Waals surface area contributed by atoms with Crippen LogP contribution in [-0.4, -0.2) is 30.6 Å². The van der Waals surface area contributed by atoms with E-state index in [-0.39, 0.29) is 16.3 Å². The number of rotatable bonds is 3. The first-order valence-electron chi connectivity index (χ1n) is 6.52. The Kier molecular flexibility index (Phi) is 4.78. The summed E-state index contributed by atoms with van der Waals surface area (Å²) >= 11 is 3.13. The van der Waals surface area contributed by atoms with E-state index in [4.69, 9.17) is 5.26 Å². The summed E-state index contributed by atoms with van der Waals surface area (Å²) in [6, 6.07) is 5.50. The highest BCUT2D eigenvalue weighted by Crippen LogP contribution is 2.28. The van der Waals surface area contributed by atoms with Crippen LogP contribution in [0.3, 0.4) is 0 Å². The Hall–Kier alpha value is -1.12. The van der Waals surface area contributed by atoms with E-state index < -0.39 is 0 Å². The van der Waals surface area contributed by atoms with Crippen molar-refractivity contribution in [2.75, 3.05) is 25.0 Å². The van der Waals surface area contributed by atoms with Gasteiger partial charge in [0, 0.05) is 12.6 Å². The van der Waals surface area contributed by atoms with E-state index in [1.807, 2.05) is 6.07 Å². The summed E-state index contributed by atoms with van der Waals surface area (Å²) in [5, 5.41) is 12.1. The second-order valence-corrected chi connectivity index (χ2v) is 5.57. The molecule has 1 aromatic carbocycles. The first-order chi connectivity index (χ1) is 9.15. The molecule has 1 aliphatic rings. The lowest BCUT2D eigenvalue weighted by Gasteiger charge is -2.33. The van der Waals surface area contributed by atoms with Crippen LogP contribution < -0.4 is 5.32 Å². The molecule has 3 nitrogen and oxygen atoms in total. The molecule has 5 heteroatoms. The molecule has 1 fully saturated rings. The Bertz CT molecular complexity index is 498. The molecule has 1 heterocycles. The van der Waals surface area contributed by atoms with Crippen molar-refractivity contribution in [1.29, 1.82) is 5.26 Å². The molecule has 0 saturated carbocycles. The van der Waals surface area contributed by atoms with Crippen molar-refractivity contribution in [1.82, 2.24) is 4.90 Å². The molecule has 2 rings (SSSR count). The monoisotopic (exact) mass is 325 g/mol. The zero-order valence-electron chi connectivity index (χ0n) is 10.9. The second kappa shape index (κ2) is 6.36. The molecule has 102 valence electrons. The van der Waals surface area contributed by atoms with Gasteiger partial charge in [-0.3, -0.25) is 0 Å². The second-order valence-electron chi connectivity index (χ2n) is 4.78. The van der Waals surface area contributed by atoms with Gasteiger partial charge in [0.1, 0.15) is 6.07 Å². The van der Waals surface area contributed by atoms with E-state index in [1.54, 1.807) is 12.1 Å². The fourth-order valence-electron chi connectivity index (χ4n) is 2.43. The highest BCUT2D eigenvalue weighted by molar-refractivity contribution is 9.10. The van der Waals surface area contributed by atoms with Gasteiger partial charge in [-0.25, -0.2) is 4.39 Å². The Labute approximate surface area is 121 Å². The Morgan fingerprint density at radius 1 is 1.58 bits per heavy atom. The molecule has 1 aromatic rings. The highest BCUT2D eigenvalue weighted by atomic mass is 79.9. The summed E-state index contributed by atoms with van der Waals surface area (Å²) in [5.74, 6) is -0.382. The summed E-state index contributed by atoms with van der Waals surface area (Å²) in [7, 11) is 0. The molecule has 0 aromatic heterocycles. The van der Waals surface area contributed by atoms with Gasteiger partial charge in [0.15, 0.2) is 5.82 Å². The van der Waals surface area contributed by atoms with Gasteiger partial charge in [0.25, 0.3) is 0 Å². The minimum absolute atomic E-state index is 0.239. The van der Waals surface area contributed by atoms with Crippen LogP contribution >= 0.6 is 15.9 Å². The number of likely N-dealkylation sites (tertiary alicyclic amines) is 1. The number of piperidine rings is 1. The first kappa shape index (κ1) is 14.3. The van der Waals surface area contributed by atoms with Gasteiger partial charge in [-0.1, -0.05) is 6.92 Å². The molecule has 19 heavy (non-hydrogen) atoms. The minimum Gasteiger partial charge on any atom is -0.379 e. The minimum atomic E-state index is -0.382. The van der Waals surface area contributed by atoms with E-state index in [1.165, 1.54) is 0 Å². The van der Waals surface area contributed by atoms with Crippen molar-refractivity contribution >= 4 is 21.6 Å². The lowest BCUT2D eigenvalue weighted by atomic mass is 10.1. The van der Waals surface area contributed by atoms with Crippen LogP contribution in [0.25, 0.3) is 0 Å². The van der Waals surface area contributed by atoms with Gasteiger partial charge in [0.2, 0.25) is 0 Å². The summed E-state index contributed by atoms with van der Waals surface area (Å²) < 4.78 is 14.3. The van der Waals surface area contributed by atoms with Gasteiger partial charge in [-0.05, 0) is 54.0 Å². The summed E-state index contributed by atoms with van der Waals surface area (Å²) in [5.41, 5.74) is 0.788. The molecular formula is C14H17BrFN3. The fourth-order valence-corrected chi connectivity index (χ4v) is 2.86. The van der Waals surface area contributed by atoms with Crippen molar-refractivity contribution in [3.05, 3.63) is 28.0 Å². The topological polar surface area (TPSA) is 39.1 Å². The lowest BCUT2D eigenvalue weighted by molar-refractivity contribution is 0.226. The largest absolute Gasteiger partial charge is 0.379 e. The van der Waals surface area contributed by atoms with Gasteiger partial charge in [-0.15, -0.1) is 0 Å². The molecule has 1 N–H and O–H groups in total. The van der Waals surface area contributed by atoms with Crippen molar-refractivity contribution in [3.8, 4) is 6.07 Å². The molecule has 0 aliphatic carbocycles. The van der Waals surface area contributed by atoms with E-state index in [0.29, 0.717) is 11.3 Å². The van der Waals surface area contributed by atoms with Gasteiger partial charge in [0.05, 0.1) is 15.7 Å². The maximum absolute atomic E-state index is 14.1. The highest BCUT2D eigenvalue weighted by Gasteiger charge is 2.20. The molecule has 1 unspecified atom stereocenters. The predicted octanol–water partition coefficient (Wildman–Crippen LogP) is 3.36. The van der Waals surface area contributed by atoms with Gasteiger partial charge < -0.3 is 10.2 Å². The van der Waals surface area contributed by atoms with E-state index in [9.17, 15) is 4.39 Å². The zero-order chi connectivity index (χ0) is 13.8.